The third-order valence-electron chi connectivity index (χ3n) is 3.38. The first-order chi connectivity index (χ1) is 9.75. The van der Waals surface area contributed by atoms with E-state index in [2.05, 4.69) is 60.1 Å². The van der Waals surface area contributed by atoms with Crippen molar-refractivity contribution in [2.45, 2.75) is 6.92 Å². The number of aromatic nitrogens is 2. The van der Waals surface area contributed by atoms with Crippen LogP contribution in [-0.2, 0) is 39.8 Å². The Hall–Kier alpha value is -1.38. The molecule has 3 rings (SSSR count). The van der Waals surface area contributed by atoms with E-state index in [1.165, 1.54) is 16.8 Å². The smallest absolute Gasteiger partial charge is 0.193 e. The first-order valence-electron chi connectivity index (χ1n) is 6.55. The SMILES string of the molecule is Cc1c[c-]c(-c2[c-]ccnc2)cc1-c1cccc[n+]1C.[Y]. The Labute approximate surface area is 150 Å². The summed E-state index contributed by atoms with van der Waals surface area (Å²) in [6.45, 7) is 2.11. The Morgan fingerprint density at radius 3 is 2.71 bits per heavy atom. The van der Waals surface area contributed by atoms with E-state index in [0.29, 0.717) is 0 Å². The van der Waals surface area contributed by atoms with Gasteiger partial charge in [-0.3, -0.25) is 0 Å². The van der Waals surface area contributed by atoms with Crippen LogP contribution in [0.25, 0.3) is 22.4 Å². The van der Waals surface area contributed by atoms with Crippen LogP contribution in [0.1, 0.15) is 5.56 Å². The maximum absolute atomic E-state index is 4.15. The van der Waals surface area contributed by atoms with Crippen LogP contribution in [0.15, 0.2) is 55.0 Å². The average molecular weight is 348 g/mol. The Balaban J connectivity index is 0.00000161. The summed E-state index contributed by atoms with van der Waals surface area (Å²) < 4.78 is 2.12. The predicted molar refractivity (Wildman–Crippen MR) is 78.7 cm³/mol. The Morgan fingerprint density at radius 2 is 2.00 bits per heavy atom. The molecule has 0 amide bonds. The first kappa shape index (κ1) is 16.0. The molecule has 1 radical (unpaired) electrons. The van der Waals surface area contributed by atoms with Gasteiger partial charge >= 0.3 is 0 Å². The third kappa shape index (κ3) is 3.45. The monoisotopic (exact) mass is 348 g/mol. The van der Waals surface area contributed by atoms with E-state index < -0.39 is 0 Å². The molecule has 0 aliphatic carbocycles. The van der Waals surface area contributed by atoms with Gasteiger partial charge in [-0.2, -0.15) is 24.3 Å². The first-order valence-corrected chi connectivity index (χ1v) is 6.55. The average Bonchev–Trinajstić information content (AvgIpc) is 2.49. The number of hydrogen-bond donors (Lipinski definition) is 0. The van der Waals surface area contributed by atoms with Gasteiger partial charge in [0.05, 0.1) is 0 Å². The van der Waals surface area contributed by atoms with Crippen LogP contribution in [0.5, 0.6) is 0 Å². The van der Waals surface area contributed by atoms with Crippen molar-refractivity contribution in [1.82, 2.24) is 4.98 Å². The fourth-order valence-electron chi connectivity index (χ4n) is 2.27. The Morgan fingerprint density at radius 1 is 1.14 bits per heavy atom. The normalized spacial score (nSPS) is 10.0. The molecular formula is C18H15N2Y-. The fourth-order valence-corrected chi connectivity index (χ4v) is 2.27. The number of pyridine rings is 2. The van der Waals surface area contributed by atoms with Gasteiger partial charge in [-0.1, -0.05) is 19.3 Å². The molecule has 101 valence electrons. The topological polar surface area (TPSA) is 16.8 Å². The zero-order valence-electron chi connectivity index (χ0n) is 12.2. The number of nitrogens with zero attached hydrogens (tertiary/aromatic N) is 2. The second kappa shape index (κ2) is 7.06. The summed E-state index contributed by atoms with van der Waals surface area (Å²) in [5.74, 6) is 0. The molecule has 0 aliphatic rings. The van der Waals surface area contributed by atoms with Gasteiger partial charge in [-0.05, 0) is 11.6 Å². The molecule has 2 heterocycles. The second-order valence-electron chi connectivity index (χ2n) is 4.79. The van der Waals surface area contributed by atoms with E-state index in [0.717, 1.165) is 11.1 Å². The van der Waals surface area contributed by atoms with Gasteiger partial charge in [-0.15, -0.1) is 11.6 Å². The molecule has 0 saturated carbocycles. The minimum atomic E-state index is 0. The van der Waals surface area contributed by atoms with E-state index in [1.54, 1.807) is 6.20 Å². The second-order valence-corrected chi connectivity index (χ2v) is 4.79. The Kier molecular flexibility index (Phi) is 5.38. The van der Waals surface area contributed by atoms with Gasteiger partial charge in [0.1, 0.15) is 7.05 Å². The van der Waals surface area contributed by atoms with Gasteiger partial charge in [0.25, 0.3) is 0 Å². The molecule has 3 aromatic rings. The zero-order chi connectivity index (χ0) is 13.9. The summed E-state index contributed by atoms with van der Waals surface area (Å²) in [5.41, 5.74) is 5.58. The van der Waals surface area contributed by atoms with Crippen molar-refractivity contribution in [3.63, 3.8) is 0 Å². The molecule has 2 aromatic heterocycles. The molecule has 0 unspecified atom stereocenters. The number of aryl methyl sites for hydroxylation is 2. The molecular weight excluding hydrogens is 333 g/mol. The maximum Gasteiger partial charge on any atom is 0.193 e. The van der Waals surface area contributed by atoms with Crippen molar-refractivity contribution in [2.75, 3.05) is 0 Å². The minimum absolute atomic E-state index is 0. The largest absolute Gasteiger partial charge is 0.370 e. The molecule has 0 atom stereocenters. The van der Waals surface area contributed by atoms with Crippen LogP contribution in [0, 0.1) is 19.1 Å². The van der Waals surface area contributed by atoms with Gasteiger partial charge in [0.2, 0.25) is 0 Å². The Bertz CT molecular complexity index is 739. The van der Waals surface area contributed by atoms with Crippen molar-refractivity contribution < 1.29 is 37.3 Å². The van der Waals surface area contributed by atoms with Crippen LogP contribution in [0.3, 0.4) is 0 Å². The van der Waals surface area contributed by atoms with Crippen molar-refractivity contribution in [3.05, 3.63) is 72.7 Å². The van der Waals surface area contributed by atoms with E-state index >= 15 is 0 Å². The molecule has 0 aliphatic heterocycles. The standard InChI is InChI=1S/C18H15N2.Y/c1-14-8-9-15(16-6-5-10-19-13-16)12-17(14)18-7-3-4-11-20(18)2;/h3-5,7-8,10-13H,1-2H3;/q-1;. The van der Waals surface area contributed by atoms with Gasteiger partial charge < -0.3 is 4.98 Å². The summed E-state index contributed by atoms with van der Waals surface area (Å²) in [4.78, 5) is 4.15. The van der Waals surface area contributed by atoms with Crippen molar-refractivity contribution in [2.24, 2.45) is 7.05 Å². The maximum atomic E-state index is 4.15. The summed E-state index contributed by atoms with van der Waals surface area (Å²) in [6, 6.07) is 18.7. The molecule has 3 heteroatoms. The summed E-state index contributed by atoms with van der Waals surface area (Å²) in [7, 11) is 2.06. The van der Waals surface area contributed by atoms with Crippen LogP contribution in [0.4, 0.5) is 0 Å². The summed E-state index contributed by atoms with van der Waals surface area (Å²) in [5, 5.41) is 0. The van der Waals surface area contributed by atoms with Crippen LogP contribution < -0.4 is 4.57 Å². The van der Waals surface area contributed by atoms with Gasteiger partial charge in [-0.25, -0.2) is 15.7 Å². The summed E-state index contributed by atoms with van der Waals surface area (Å²) >= 11 is 0. The van der Waals surface area contributed by atoms with Crippen molar-refractivity contribution >= 4 is 0 Å². The summed E-state index contributed by atoms with van der Waals surface area (Å²) in [6.07, 6.45) is 5.60. The zero-order valence-corrected chi connectivity index (χ0v) is 15.0. The quantitative estimate of drug-likeness (QED) is 0.514. The van der Waals surface area contributed by atoms with Crippen LogP contribution in [0.2, 0.25) is 0 Å². The molecule has 0 saturated heterocycles. The molecule has 1 aromatic carbocycles. The van der Waals surface area contributed by atoms with E-state index in [9.17, 15) is 0 Å². The van der Waals surface area contributed by atoms with E-state index in [4.69, 9.17) is 0 Å². The fraction of sp³-hybridized carbons (Fsp3) is 0.111. The number of benzene rings is 1. The molecule has 2 nitrogen and oxygen atoms in total. The molecule has 0 bridgehead atoms. The van der Waals surface area contributed by atoms with Gasteiger partial charge in [0.15, 0.2) is 11.9 Å². The number of rotatable bonds is 2. The van der Waals surface area contributed by atoms with Crippen LogP contribution in [-0.4, -0.2) is 4.98 Å². The molecule has 0 fully saturated rings. The van der Waals surface area contributed by atoms with E-state index in [1.807, 2.05) is 24.4 Å². The minimum Gasteiger partial charge on any atom is -0.370 e. The predicted octanol–water partition coefficient (Wildman–Crippen LogP) is 3.15. The third-order valence-corrected chi connectivity index (χ3v) is 3.38. The van der Waals surface area contributed by atoms with Gasteiger partial charge in [0, 0.05) is 44.8 Å². The molecule has 0 spiro atoms. The van der Waals surface area contributed by atoms with Crippen molar-refractivity contribution in [3.8, 4) is 22.4 Å². The molecule has 0 N–H and O–H groups in total. The van der Waals surface area contributed by atoms with Crippen molar-refractivity contribution in [1.29, 1.82) is 0 Å². The number of hydrogen-bond acceptors (Lipinski definition) is 1. The molecule has 21 heavy (non-hydrogen) atoms. The van der Waals surface area contributed by atoms with E-state index in [-0.39, 0.29) is 32.7 Å². The van der Waals surface area contributed by atoms with Crippen LogP contribution >= 0.6 is 0 Å².